The summed E-state index contributed by atoms with van der Waals surface area (Å²) in [5.74, 6) is 2.12. The van der Waals surface area contributed by atoms with Gasteiger partial charge in [0.2, 0.25) is 0 Å². The molecule has 3 aromatic rings. The number of hydrogen-bond acceptors (Lipinski definition) is 3. The minimum Gasteiger partial charge on any atom is -0.355 e. The molecule has 48 heavy (non-hydrogen) atoms. The van der Waals surface area contributed by atoms with Crippen LogP contribution in [0.1, 0.15) is 178 Å². The first-order chi connectivity index (χ1) is 23.8. The zero-order chi connectivity index (χ0) is 31.9. The number of aromatic amines is 2. The molecule has 0 amide bonds. The van der Waals surface area contributed by atoms with Gasteiger partial charge in [-0.05, 0) is 137 Å². The fraction of sp³-hybridized carbons (Fsp3) is 0.535. The molecule has 3 aliphatic carbocycles. The number of rotatable bonds is 4. The van der Waals surface area contributed by atoms with Crippen molar-refractivity contribution in [3.05, 3.63) is 69.3 Å². The lowest BCUT2D eigenvalue weighted by atomic mass is 9.83. The highest BCUT2D eigenvalue weighted by atomic mass is 14.9. The van der Waals surface area contributed by atoms with E-state index in [0.717, 1.165) is 37.3 Å². The Kier molecular flexibility index (Phi) is 8.58. The Balaban J connectivity index is 1.37. The van der Waals surface area contributed by atoms with E-state index in [2.05, 4.69) is 63.9 Å². The zero-order valence-electron chi connectivity index (χ0n) is 28.8. The lowest BCUT2D eigenvalue weighted by molar-refractivity contribution is 0.444. The van der Waals surface area contributed by atoms with Gasteiger partial charge < -0.3 is 15.3 Å². The van der Waals surface area contributed by atoms with Crippen molar-refractivity contribution >= 4 is 46.4 Å². The van der Waals surface area contributed by atoms with Gasteiger partial charge in [-0.25, -0.2) is 9.97 Å². The van der Waals surface area contributed by atoms with Crippen LogP contribution in [0.15, 0.2) is 24.3 Å². The Morgan fingerprint density at radius 1 is 0.375 bits per heavy atom. The molecule has 0 aromatic carbocycles. The molecule has 4 fully saturated rings. The Bertz CT molecular complexity index is 1750. The zero-order valence-corrected chi connectivity index (χ0v) is 28.8. The minimum absolute atomic E-state index is 0.466. The molecule has 8 bridgehead atoms. The van der Waals surface area contributed by atoms with Gasteiger partial charge >= 0.3 is 0 Å². The normalized spacial score (nSPS) is 21.7. The molecule has 0 unspecified atom stereocenters. The number of hydrogen-bond donors (Lipinski definition) is 3. The van der Waals surface area contributed by atoms with Gasteiger partial charge in [0.1, 0.15) is 0 Å². The molecule has 0 atom stereocenters. The fourth-order valence-electron chi connectivity index (χ4n) is 10.3. The maximum atomic E-state index is 5.58. The monoisotopic (exact) mass is 639 g/mol. The third-order valence-electron chi connectivity index (χ3n) is 12.7. The van der Waals surface area contributed by atoms with Crippen LogP contribution < -0.4 is 5.32 Å². The van der Waals surface area contributed by atoms with Crippen LogP contribution >= 0.6 is 0 Å². The van der Waals surface area contributed by atoms with E-state index in [1.165, 1.54) is 152 Å². The summed E-state index contributed by atoms with van der Waals surface area (Å²) in [7, 11) is 0. The SMILES string of the molecule is C1=Cc2nc1c(C1CCNCC1)c1nc(c(C3CCCCC3)c3ccc([nH]3)c(C3CCCCC3)c3ccc([nH]3)c2C2CCCCC2)C=C1. The largest absolute Gasteiger partial charge is 0.355 e. The average Bonchev–Trinajstić information content (AvgIpc) is 3.98. The van der Waals surface area contributed by atoms with Gasteiger partial charge in [0.25, 0.3) is 0 Å². The quantitative estimate of drug-likeness (QED) is 0.183. The highest BCUT2D eigenvalue weighted by Gasteiger charge is 2.28. The minimum atomic E-state index is 0.466. The summed E-state index contributed by atoms with van der Waals surface area (Å²) in [6.45, 7) is 2.12. The van der Waals surface area contributed by atoms with E-state index in [1.54, 1.807) is 0 Å². The molecule has 3 aliphatic heterocycles. The van der Waals surface area contributed by atoms with Crippen LogP contribution in [-0.2, 0) is 0 Å². The topological polar surface area (TPSA) is 69.4 Å². The maximum Gasteiger partial charge on any atom is 0.0694 e. The summed E-state index contributed by atoms with van der Waals surface area (Å²) in [6.07, 6.45) is 31.1. The number of nitrogens with zero attached hydrogens (tertiary/aromatic N) is 2. The Morgan fingerprint density at radius 3 is 1.12 bits per heavy atom. The van der Waals surface area contributed by atoms with Gasteiger partial charge in [0.05, 0.1) is 22.8 Å². The predicted octanol–water partition coefficient (Wildman–Crippen LogP) is 11.3. The van der Waals surface area contributed by atoms with E-state index in [4.69, 9.17) is 9.97 Å². The van der Waals surface area contributed by atoms with E-state index < -0.39 is 0 Å². The summed E-state index contributed by atoms with van der Waals surface area (Å²) >= 11 is 0. The van der Waals surface area contributed by atoms with Crippen LogP contribution in [-0.4, -0.2) is 33.0 Å². The fourth-order valence-corrected chi connectivity index (χ4v) is 10.3. The smallest absolute Gasteiger partial charge is 0.0694 e. The predicted molar refractivity (Wildman–Crippen MR) is 201 cm³/mol. The third kappa shape index (κ3) is 5.80. The van der Waals surface area contributed by atoms with Gasteiger partial charge in [-0.15, -0.1) is 0 Å². The van der Waals surface area contributed by atoms with E-state index in [0.29, 0.717) is 23.7 Å². The summed E-state index contributed by atoms with van der Waals surface area (Å²) in [5, 5.41) is 3.61. The average molecular weight is 640 g/mol. The first kappa shape index (κ1) is 30.6. The summed E-state index contributed by atoms with van der Waals surface area (Å²) < 4.78 is 0. The van der Waals surface area contributed by atoms with Gasteiger partial charge in [0.15, 0.2) is 0 Å². The second kappa shape index (κ2) is 13.5. The van der Waals surface area contributed by atoms with E-state index in [1.807, 2.05) is 0 Å². The Morgan fingerprint density at radius 2 is 0.708 bits per heavy atom. The molecular formula is C43H53N5. The molecule has 0 radical (unpaired) electrons. The first-order valence-corrected chi connectivity index (χ1v) is 19.7. The van der Waals surface area contributed by atoms with Crippen LogP contribution in [0.3, 0.4) is 0 Å². The Hall–Kier alpha value is -3.44. The van der Waals surface area contributed by atoms with E-state index >= 15 is 0 Å². The number of fused-ring (bicyclic) bond motifs is 8. The third-order valence-corrected chi connectivity index (χ3v) is 12.7. The van der Waals surface area contributed by atoms with Crippen LogP contribution in [0.25, 0.3) is 46.4 Å². The van der Waals surface area contributed by atoms with Crippen molar-refractivity contribution in [1.82, 2.24) is 25.3 Å². The molecule has 6 aliphatic rings. The second-order valence-electron chi connectivity index (χ2n) is 15.7. The van der Waals surface area contributed by atoms with Crippen LogP contribution in [0, 0.1) is 0 Å². The lowest BCUT2D eigenvalue weighted by Crippen LogP contribution is -2.27. The van der Waals surface area contributed by atoms with Crippen molar-refractivity contribution in [1.29, 1.82) is 0 Å². The molecule has 250 valence electrons. The van der Waals surface area contributed by atoms with Gasteiger partial charge in [-0.3, -0.25) is 0 Å². The van der Waals surface area contributed by atoms with Crippen molar-refractivity contribution in [3.63, 3.8) is 0 Å². The number of piperidine rings is 1. The summed E-state index contributed by atoms with van der Waals surface area (Å²) in [6, 6.07) is 9.57. The molecular weight excluding hydrogens is 587 g/mol. The number of H-pyrrole nitrogens is 2. The molecule has 3 N–H and O–H groups in total. The maximum absolute atomic E-state index is 5.58. The van der Waals surface area contributed by atoms with Gasteiger partial charge in [-0.1, -0.05) is 57.8 Å². The molecule has 3 saturated carbocycles. The lowest BCUT2D eigenvalue weighted by Gasteiger charge is -2.24. The highest BCUT2D eigenvalue weighted by Crippen LogP contribution is 2.43. The molecule has 9 rings (SSSR count). The van der Waals surface area contributed by atoms with Gasteiger partial charge in [0, 0.05) is 44.3 Å². The molecule has 5 nitrogen and oxygen atoms in total. The van der Waals surface area contributed by atoms with E-state index in [-0.39, 0.29) is 0 Å². The van der Waals surface area contributed by atoms with Crippen molar-refractivity contribution in [2.75, 3.05) is 13.1 Å². The molecule has 1 saturated heterocycles. The molecule has 0 spiro atoms. The first-order valence-electron chi connectivity index (χ1n) is 19.7. The highest BCUT2D eigenvalue weighted by molar-refractivity contribution is 5.84. The molecule has 3 aromatic heterocycles. The van der Waals surface area contributed by atoms with Crippen molar-refractivity contribution in [2.45, 2.75) is 133 Å². The Labute approximate surface area is 286 Å². The van der Waals surface area contributed by atoms with Crippen LogP contribution in [0.2, 0.25) is 0 Å². The number of nitrogens with one attached hydrogen (secondary N) is 3. The van der Waals surface area contributed by atoms with Crippen LogP contribution in [0.4, 0.5) is 0 Å². The summed E-state index contributed by atoms with van der Waals surface area (Å²) in [5.41, 5.74) is 15.5. The number of aromatic nitrogens is 4. The molecule has 5 heteroatoms. The molecule has 6 heterocycles. The standard InChI is InChI=1S/C43H53N5/c1-4-10-28(11-5-1)40-32-16-18-34(45-32)41(29-12-6-2-7-13-29)36-20-22-38(47-36)43(31-24-26-44-27-25-31)39-23-21-37(48-39)42(30-14-8-3-9-15-30)35-19-17-33(40)46-35/h16-23,28-31,44-46H,1-15,24-27H2. The van der Waals surface area contributed by atoms with Gasteiger partial charge in [-0.2, -0.15) is 0 Å². The second-order valence-corrected chi connectivity index (χ2v) is 15.7. The van der Waals surface area contributed by atoms with Crippen molar-refractivity contribution in [2.24, 2.45) is 0 Å². The van der Waals surface area contributed by atoms with E-state index in [9.17, 15) is 0 Å². The van der Waals surface area contributed by atoms with Crippen LogP contribution in [0.5, 0.6) is 0 Å². The van der Waals surface area contributed by atoms with Crippen molar-refractivity contribution in [3.8, 4) is 0 Å². The summed E-state index contributed by atoms with van der Waals surface area (Å²) in [4.78, 5) is 19.3. The van der Waals surface area contributed by atoms with Crippen molar-refractivity contribution < 1.29 is 0 Å².